The van der Waals surface area contributed by atoms with Crippen LogP contribution in [0.4, 0.5) is 5.69 Å². The van der Waals surface area contributed by atoms with Gasteiger partial charge >= 0.3 is 0 Å². The van der Waals surface area contributed by atoms with Crippen LogP contribution in [0.1, 0.15) is 20.3 Å². The van der Waals surface area contributed by atoms with E-state index in [0.717, 1.165) is 24.7 Å². The van der Waals surface area contributed by atoms with Crippen molar-refractivity contribution in [3.05, 3.63) is 36.7 Å². The minimum atomic E-state index is 0. The van der Waals surface area contributed by atoms with E-state index in [4.69, 9.17) is 4.74 Å². The summed E-state index contributed by atoms with van der Waals surface area (Å²) in [4.78, 5) is 4.53. The molecule has 0 atom stereocenters. The molecule has 100 valence electrons. The zero-order valence-corrected chi connectivity index (χ0v) is 12.7. The van der Waals surface area contributed by atoms with Gasteiger partial charge in [0.05, 0.1) is 19.0 Å². The fourth-order valence-corrected chi connectivity index (χ4v) is 2.03. The van der Waals surface area contributed by atoms with Crippen molar-refractivity contribution in [3.8, 4) is 5.75 Å². The summed E-state index contributed by atoms with van der Waals surface area (Å²) in [6.07, 6.45) is 5.44. The second-order valence-corrected chi connectivity index (χ2v) is 4.12. The third-order valence-electron chi connectivity index (χ3n) is 2.78. The second kappa shape index (κ2) is 7.31. The van der Waals surface area contributed by atoms with Gasteiger partial charge in [0.1, 0.15) is 5.75 Å². The summed E-state index contributed by atoms with van der Waals surface area (Å²) < 4.78 is 5.65. The Kier molecular flexibility index (Phi) is 6.05. The molecule has 0 unspecified atom stereocenters. The van der Waals surface area contributed by atoms with Crippen LogP contribution in [0.25, 0.3) is 0 Å². The zero-order chi connectivity index (χ0) is 12.1. The fourth-order valence-electron chi connectivity index (χ4n) is 2.03. The quantitative estimate of drug-likeness (QED) is 0.826. The van der Waals surface area contributed by atoms with Gasteiger partial charge in [-0.25, -0.2) is 0 Å². The van der Waals surface area contributed by atoms with Gasteiger partial charge in [-0.1, -0.05) is 19.1 Å². The molecule has 1 aromatic rings. The van der Waals surface area contributed by atoms with Crippen LogP contribution < -0.4 is 9.64 Å². The van der Waals surface area contributed by atoms with E-state index in [2.05, 4.69) is 35.2 Å². The van der Waals surface area contributed by atoms with Crippen LogP contribution in [0.15, 0.2) is 36.7 Å². The standard InChI is InChI=1S/C14H20N2O.BrH/c1-3-9-15-10-11-16(12-15)13-7-5-6-8-14(13)17-4-2;/h5-8,10-11H,3-4,9,12H2,1-2H3;1H. The molecule has 0 spiro atoms. The molecular formula is C14H21BrN2O. The van der Waals surface area contributed by atoms with Gasteiger partial charge in [0.15, 0.2) is 0 Å². The lowest BCUT2D eigenvalue weighted by Crippen LogP contribution is -2.25. The van der Waals surface area contributed by atoms with Gasteiger partial charge in [-0.2, -0.15) is 0 Å². The van der Waals surface area contributed by atoms with Crippen molar-refractivity contribution in [2.45, 2.75) is 20.3 Å². The molecule has 0 N–H and O–H groups in total. The van der Waals surface area contributed by atoms with Crippen molar-refractivity contribution in [1.82, 2.24) is 4.90 Å². The number of anilines is 1. The van der Waals surface area contributed by atoms with Crippen LogP contribution in [0.2, 0.25) is 0 Å². The van der Waals surface area contributed by atoms with E-state index in [-0.39, 0.29) is 17.0 Å². The molecule has 1 aliphatic rings. The van der Waals surface area contributed by atoms with Gasteiger partial charge in [-0.15, -0.1) is 17.0 Å². The Morgan fingerprint density at radius 2 is 1.94 bits per heavy atom. The average Bonchev–Trinajstić information content (AvgIpc) is 2.79. The van der Waals surface area contributed by atoms with E-state index in [0.29, 0.717) is 6.61 Å². The number of para-hydroxylation sites is 2. The maximum absolute atomic E-state index is 5.65. The highest BCUT2D eigenvalue weighted by Gasteiger charge is 2.16. The van der Waals surface area contributed by atoms with Gasteiger partial charge in [-0.05, 0) is 25.5 Å². The molecule has 0 saturated carbocycles. The Morgan fingerprint density at radius 3 is 2.67 bits per heavy atom. The van der Waals surface area contributed by atoms with Crippen LogP contribution in [0.5, 0.6) is 5.75 Å². The SMILES string of the molecule is Br.CCCN1C=CN(c2ccccc2OCC)C1. The molecule has 3 nitrogen and oxygen atoms in total. The number of hydrogen-bond donors (Lipinski definition) is 0. The van der Waals surface area contributed by atoms with Gasteiger partial charge in [0.2, 0.25) is 0 Å². The summed E-state index contributed by atoms with van der Waals surface area (Å²) >= 11 is 0. The number of hydrogen-bond acceptors (Lipinski definition) is 3. The predicted octanol–water partition coefficient (Wildman–Crippen LogP) is 3.62. The molecule has 0 aromatic heterocycles. The molecule has 4 heteroatoms. The molecule has 2 rings (SSSR count). The van der Waals surface area contributed by atoms with Crippen molar-refractivity contribution in [3.63, 3.8) is 0 Å². The number of rotatable bonds is 5. The maximum atomic E-state index is 5.65. The molecule has 1 aliphatic heterocycles. The van der Waals surface area contributed by atoms with E-state index in [9.17, 15) is 0 Å². The van der Waals surface area contributed by atoms with Crippen LogP contribution in [-0.4, -0.2) is 24.7 Å². The topological polar surface area (TPSA) is 15.7 Å². The van der Waals surface area contributed by atoms with Crippen molar-refractivity contribution in [1.29, 1.82) is 0 Å². The Labute approximate surface area is 120 Å². The minimum absolute atomic E-state index is 0. The normalized spacial score (nSPS) is 13.7. The van der Waals surface area contributed by atoms with Gasteiger partial charge in [0.25, 0.3) is 0 Å². The Morgan fingerprint density at radius 1 is 1.17 bits per heavy atom. The lowest BCUT2D eigenvalue weighted by atomic mass is 10.3. The molecule has 0 radical (unpaired) electrons. The molecule has 1 heterocycles. The van der Waals surface area contributed by atoms with Crippen molar-refractivity contribution in [2.24, 2.45) is 0 Å². The Hall–Kier alpha value is -1.16. The van der Waals surface area contributed by atoms with E-state index in [1.807, 2.05) is 25.1 Å². The number of nitrogens with zero attached hydrogens (tertiary/aromatic N) is 2. The summed E-state index contributed by atoms with van der Waals surface area (Å²) in [7, 11) is 0. The van der Waals surface area contributed by atoms with Crippen LogP contribution in [0.3, 0.4) is 0 Å². The second-order valence-electron chi connectivity index (χ2n) is 4.12. The van der Waals surface area contributed by atoms with Gasteiger partial charge in [-0.3, -0.25) is 0 Å². The number of benzene rings is 1. The van der Waals surface area contributed by atoms with Crippen LogP contribution in [0, 0.1) is 0 Å². The highest BCUT2D eigenvalue weighted by molar-refractivity contribution is 8.93. The highest BCUT2D eigenvalue weighted by Crippen LogP contribution is 2.30. The van der Waals surface area contributed by atoms with Crippen molar-refractivity contribution in [2.75, 3.05) is 24.7 Å². The predicted molar refractivity (Wildman–Crippen MR) is 81.4 cm³/mol. The molecule has 0 bridgehead atoms. The lowest BCUT2D eigenvalue weighted by molar-refractivity contribution is 0.339. The third kappa shape index (κ3) is 3.42. The third-order valence-corrected chi connectivity index (χ3v) is 2.78. The van der Waals surface area contributed by atoms with Crippen LogP contribution in [-0.2, 0) is 0 Å². The molecule has 0 fully saturated rings. The molecule has 18 heavy (non-hydrogen) atoms. The first kappa shape index (κ1) is 14.9. The van der Waals surface area contributed by atoms with Gasteiger partial charge < -0.3 is 14.5 Å². The van der Waals surface area contributed by atoms with E-state index in [1.54, 1.807) is 0 Å². The van der Waals surface area contributed by atoms with Crippen LogP contribution >= 0.6 is 17.0 Å². The van der Waals surface area contributed by atoms with E-state index >= 15 is 0 Å². The largest absolute Gasteiger partial charge is 0.492 e. The van der Waals surface area contributed by atoms with E-state index < -0.39 is 0 Å². The minimum Gasteiger partial charge on any atom is -0.492 e. The first-order chi connectivity index (χ1) is 8.35. The zero-order valence-electron chi connectivity index (χ0n) is 11.0. The summed E-state index contributed by atoms with van der Waals surface area (Å²) in [5.41, 5.74) is 1.14. The van der Waals surface area contributed by atoms with Gasteiger partial charge in [0, 0.05) is 18.9 Å². The molecular weight excluding hydrogens is 292 g/mol. The first-order valence-electron chi connectivity index (χ1n) is 6.26. The Balaban J connectivity index is 0.00000162. The monoisotopic (exact) mass is 312 g/mol. The fraction of sp³-hybridized carbons (Fsp3) is 0.429. The summed E-state index contributed by atoms with van der Waals surface area (Å²) in [5.74, 6) is 0.956. The van der Waals surface area contributed by atoms with E-state index in [1.165, 1.54) is 6.42 Å². The number of halogens is 1. The Bertz CT molecular complexity index is 395. The molecule has 0 aliphatic carbocycles. The summed E-state index contributed by atoms with van der Waals surface area (Å²) in [6.45, 7) is 6.93. The highest BCUT2D eigenvalue weighted by atomic mass is 79.9. The molecule has 0 saturated heterocycles. The summed E-state index contributed by atoms with van der Waals surface area (Å²) in [5, 5.41) is 0. The summed E-state index contributed by atoms with van der Waals surface area (Å²) in [6, 6.07) is 8.19. The van der Waals surface area contributed by atoms with Crippen molar-refractivity contribution >= 4 is 22.7 Å². The lowest BCUT2D eigenvalue weighted by Gasteiger charge is -2.22. The molecule has 0 amide bonds. The maximum Gasteiger partial charge on any atom is 0.142 e. The van der Waals surface area contributed by atoms with Crippen molar-refractivity contribution < 1.29 is 4.74 Å². The number of ether oxygens (including phenoxy) is 1. The smallest absolute Gasteiger partial charge is 0.142 e. The molecule has 1 aromatic carbocycles. The first-order valence-corrected chi connectivity index (χ1v) is 6.26. The average molecular weight is 313 g/mol.